The lowest BCUT2D eigenvalue weighted by molar-refractivity contribution is 0.586. The van der Waals surface area contributed by atoms with E-state index < -0.39 is 7.14 Å². The minimum absolute atomic E-state index is 1.28. The summed E-state index contributed by atoms with van der Waals surface area (Å²) in [6, 6.07) is 20.8. The van der Waals surface area contributed by atoms with Crippen molar-refractivity contribution < 1.29 is 4.57 Å². The Morgan fingerprint density at radius 3 is 1.12 bits per heavy atom. The van der Waals surface area contributed by atoms with Crippen LogP contribution in [0.4, 0.5) is 0 Å². The third kappa shape index (κ3) is 6.76. The van der Waals surface area contributed by atoms with Crippen molar-refractivity contribution in [3.05, 3.63) is 60.7 Å². The normalized spacial score (nSPS) is 10.3. The van der Waals surface area contributed by atoms with Crippen LogP contribution in [0.5, 0.6) is 0 Å². The van der Waals surface area contributed by atoms with Crippen molar-refractivity contribution in [2.75, 3.05) is 20.0 Å². The van der Waals surface area contributed by atoms with Gasteiger partial charge in [0.05, 0.1) is 7.14 Å². The molecule has 0 aliphatic carbocycles. The molecule has 0 amide bonds. The molecule has 90 valence electrons. The Labute approximate surface area is 104 Å². The first-order valence-corrected chi connectivity index (χ1v) is 8.64. The van der Waals surface area contributed by atoms with Crippen LogP contribution in [0.15, 0.2) is 60.7 Å². The highest BCUT2D eigenvalue weighted by Crippen LogP contribution is 2.28. The van der Waals surface area contributed by atoms with Gasteiger partial charge in [0, 0.05) is 0 Å². The zero-order chi connectivity index (χ0) is 12.7. The molecule has 2 aromatic rings. The van der Waals surface area contributed by atoms with Gasteiger partial charge in [-0.05, 0) is 31.1 Å². The second-order valence-electron chi connectivity index (χ2n) is 4.62. The minimum atomic E-state index is -1.64. The molecule has 2 rings (SSSR count). The maximum Gasteiger partial charge on any atom is 0.0790 e. The molecule has 2 aromatic carbocycles. The average Bonchev–Trinajstić information content (AvgIpc) is 2.29. The van der Waals surface area contributed by atoms with E-state index in [1.54, 1.807) is 20.0 Å². The Bertz CT molecular complexity index is 425. The van der Waals surface area contributed by atoms with Crippen molar-refractivity contribution in [3.8, 4) is 11.1 Å². The molecule has 0 aliphatic rings. The summed E-state index contributed by atoms with van der Waals surface area (Å²) in [6.45, 7) is 5.23. The van der Waals surface area contributed by atoms with Crippen molar-refractivity contribution in [2.45, 2.75) is 0 Å². The second kappa shape index (κ2) is 6.42. The standard InChI is InChI=1S/C12H10.C3H9OP/c1-3-7-11(8-4-1)12-9-5-2-6-10-12;1-5(2,3)4/h1-10H;1-3H3. The van der Waals surface area contributed by atoms with Crippen LogP contribution in [0, 0.1) is 0 Å². The van der Waals surface area contributed by atoms with Gasteiger partial charge in [-0.1, -0.05) is 60.7 Å². The van der Waals surface area contributed by atoms with Crippen LogP contribution in [-0.2, 0) is 4.57 Å². The van der Waals surface area contributed by atoms with Gasteiger partial charge in [0.1, 0.15) is 0 Å². The Balaban J connectivity index is 0.000000249. The van der Waals surface area contributed by atoms with E-state index in [-0.39, 0.29) is 0 Å². The summed E-state index contributed by atoms with van der Waals surface area (Å²) >= 11 is 0. The van der Waals surface area contributed by atoms with Gasteiger partial charge in [0.25, 0.3) is 0 Å². The van der Waals surface area contributed by atoms with Crippen LogP contribution < -0.4 is 0 Å². The second-order valence-corrected chi connectivity index (χ2v) is 8.40. The predicted octanol–water partition coefficient (Wildman–Crippen LogP) is 4.59. The molecule has 0 N–H and O–H groups in total. The van der Waals surface area contributed by atoms with Gasteiger partial charge in [-0.25, -0.2) is 0 Å². The number of hydrogen-bond acceptors (Lipinski definition) is 1. The van der Waals surface area contributed by atoms with Crippen LogP contribution in [-0.4, -0.2) is 20.0 Å². The quantitative estimate of drug-likeness (QED) is 0.672. The lowest BCUT2D eigenvalue weighted by Gasteiger charge is -1.98. The van der Waals surface area contributed by atoms with Gasteiger partial charge in [-0.2, -0.15) is 0 Å². The van der Waals surface area contributed by atoms with Gasteiger partial charge in [0.2, 0.25) is 0 Å². The first-order chi connectivity index (χ1) is 7.97. The zero-order valence-corrected chi connectivity index (χ0v) is 11.5. The van der Waals surface area contributed by atoms with Gasteiger partial charge in [0.15, 0.2) is 0 Å². The minimum Gasteiger partial charge on any atom is -0.324 e. The van der Waals surface area contributed by atoms with E-state index in [2.05, 4.69) is 48.5 Å². The molecule has 0 saturated carbocycles. The molecule has 0 fully saturated rings. The van der Waals surface area contributed by atoms with Crippen LogP contribution in [0.1, 0.15) is 0 Å². The Morgan fingerprint density at radius 1 is 0.647 bits per heavy atom. The van der Waals surface area contributed by atoms with Crippen LogP contribution in [0.3, 0.4) is 0 Å². The van der Waals surface area contributed by atoms with Crippen molar-refractivity contribution in [2.24, 2.45) is 0 Å². The summed E-state index contributed by atoms with van der Waals surface area (Å²) in [5.41, 5.74) is 2.55. The molecule has 0 atom stereocenters. The summed E-state index contributed by atoms with van der Waals surface area (Å²) in [4.78, 5) is 0. The third-order valence-corrected chi connectivity index (χ3v) is 1.88. The number of rotatable bonds is 1. The maximum atomic E-state index is 10.2. The molecule has 0 saturated heterocycles. The van der Waals surface area contributed by atoms with Crippen molar-refractivity contribution >= 4 is 7.14 Å². The molecule has 17 heavy (non-hydrogen) atoms. The van der Waals surface area contributed by atoms with E-state index in [1.165, 1.54) is 11.1 Å². The highest BCUT2D eigenvalue weighted by Gasteiger charge is 1.91. The van der Waals surface area contributed by atoms with Gasteiger partial charge >= 0.3 is 0 Å². The zero-order valence-electron chi connectivity index (χ0n) is 10.6. The molecular formula is C15H19OP. The Morgan fingerprint density at radius 2 is 0.882 bits per heavy atom. The fourth-order valence-corrected chi connectivity index (χ4v) is 1.26. The summed E-state index contributed by atoms with van der Waals surface area (Å²) < 4.78 is 10.2. The highest BCUT2D eigenvalue weighted by molar-refractivity contribution is 7.61. The Kier molecular flexibility index (Phi) is 5.18. The van der Waals surface area contributed by atoms with Crippen LogP contribution >= 0.6 is 7.14 Å². The first-order valence-electron chi connectivity index (χ1n) is 5.60. The topological polar surface area (TPSA) is 17.1 Å². The van der Waals surface area contributed by atoms with E-state index in [0.717, 1.165) is 0 Å². The first kappa shape index (κ1) is 13.7. The molecule has 0 unspecified atom stereocenters. The van der Waals surface area contributed by atoms with E-state index in [4.69, 9.17) is 0 Å². The predicted molar refractivity (Wildman–Crippen MR) is 77.3 cm³/mol. The smallest absolute Gasteiger partial charge is 0.0790 e. The SMILES string of the molecule is CP(C)(C)=O.c1ccc(-c2ccccc2)cc1. The molecular weight excluding hydrogens is 227 g/mol. The molecule has 0 aliphatic heterocycles. The van der Waals surface area contributed by atoms with E-state index >= 15 is 0 Å². The lowest BCUT2D eigenvalue weighted by atomic mass is 10.1. The number of benzene rings is 2. The third-order valence-electron chi connectivity index (χ3n) is 1.88. The van der Waals surface area contributed by atoms with E-state index in [9.17, 15) is 4.57 Å². The summed E-state index contributed by atoms with van der Waals surface area (Å²) in [6.07, 6.45) is 0. The molecule has 0 spiro atoms. The summed E-state index contributed by atoms with van der Waals surface area (Å²) in [5.74, 6) is 0. The molecule has 0 aromatic heterocycles. The summed E-state index contributed by atoms with van der Waals surface area (Å²) in [5, 5.41) is 0. The Hall–Kier alpha value is -1.33. The van der Waals surface area contributed by atoms with E-state index in [1.807, 2.05) is 12.1 Å². The molecule has 0 heterocycles. The highest BCUT2D eigenvalue weighted by atomic mass is 31.2. The molecule has 2 heteroatoms. The number of hydrogen-bond donors (Lipinski definition) is 0. The lowest BCUT2D eigenvalue weighted by Crippen LogP contribution is -1.73. The van der Waals surface area contributed by atoms with Gasteiger partial charge in [-0.3, -0.25) is 0 Å². The van der Waals surface area contributed by atoms with Crippen molar-refractivity contribution in [3.63, 3.8) is 0 Å². The molecule has 1 nitrogen and oxygen atoms in total. The van der Waals surface area contributed by atoms with Gasteiger partial charge in [-0.15, -0.1) is 0 Å². The van der Waals surface area contributed by atoms with Crippen LogP contribution in [0.25, 0.3) is 11.1 Å². The maximum absolute atomic E-state index is 10.2. The van der Waals surface area contributed by atoms with Crippen molar-refractivity contribution in [1.82, 2.24) is 0 Å². The average molecular weight is 246 g/mol. The summed E-state index contributed by atoms with van der Waals surface area (Å²) in [7, 11) is -1.64. The molecule has 0 bridgehead atoms. The monoisotopic (exact) mass is 246 g/mol. The fourth-order valence-electron chi connectivity index (χ4n) is 1.26. The molecule has 0 radical (unpaired) electrons. The van der Waals surface area contributed by atoms with Gasteiger partial charge < -0.3 is 4.57 Å². The largest absolute Gasteiger partial charge is 0.324 e. The fraction of sp³-hybridized carbons (Fsp3) is 0.200. The van der Waals surface area contributed by atoms with Crippen LogP contribution in [0.2, 0.25) is 0 Å². The van der Waals surface area contributed by atoms with E-state index in [0.29, 0.717) is 0 Å². The van der Waals surface area contributed by atoms with Crippen molar-refractivity contribution in [1.29, 1.82) is 0 Å².